The van der Waals surface area contributed by atoms with Crippen molar-refractivity contribution in [1.82, 2.24) is 0 Å². The van der Waals surface area contributed by atoms with E-state index >= 15 is 0 Å². The molecule has 0 bridgehead atoms. The molecule has 0 N–H and O–H groups in total. The molecule has 0 aliphatic rings. The van der Waals surface area contributed by atoms with Crippen LogP contribution in [0.3, 0.4) is 0 Å². The van der Waals surface area contributed by atoms with Gasteiger partial charge in [-0.3, -0.25) is 0 Å². The van der Waals surface area contributed by atoms with Gasteiger partial charge in [-0.25, -0.2) is 0 Å². The van der Waals surface area contributed by atoms with Crippen LogP contribution < -0.4 is 0 Å². The van der Waals surface area contributed by atoms with Crippen LogP contribution in [0.1, 0.15) is 5.56 Å². The highest BCUT2D eigenvalue weighted by Crippen LogP contribution is 2.25. The lowest BCUT2D eigenvalue weighted by Crippen LogP contribution is -2.14. The number of halogens is 2. The normalized spacial score (nSPS) is 11.4. The lowest BCUT2D eigenvalue weighted by molar-refractivity contribution is -0.0198. The molecule has 0 amide bonds. The highest BCUT2D eigenvalue weighted by molar-refractivity contribution is 14.1. The maximum Gasteiger partial charge on any atom is 0.0737 e. The monoisotopic (exact) mass is 644 g/mol. The molecule has 0 spiro atoms. The van der Waals surface area contributed by atoms with Gasteiger partial charge in [0.15, 0.2) is 0 Å². The fourth-order valence-corrected chi connectivity index (χ4v) is 5.84. The van der Waals surface area contributed by atoms with Crippen molar-refractivity contribution in [3.05, 3.63) is 17.4 Å². The molecule has 0 saturated carbocycles. The molecule has 0 aliphatic heterocycles. The Hall–Kier alpha value is 0.880. The van der Waals surface area contributed by atoms with Crippen molar-refractivity contribution in [2.75, 3.05) is 86.4 Å². The van der Waals surface area contributed by atoms with Gasteiger partial charge in [-0.2, -0.15) is 0 Å². The van der Waals surface area contributed by atoms with Gasteiger partial charge in [0, 0.05) is 12.7 Å². The third-order valence-electron chi connectivity index (χ3n) is 3.28. The molecule has 0 fully saturated rings. The van der Waals surface area contributed by atoms with Crippen molar-refractivity contribution in [1.29, 1.82) is 0 Å². The molecular formula is C18H30I2O7S. The van der Waals surface area contributed by atoms with Crippen LogP contribution in [-0.4, -0.2) is 86.4 Å². The first-order valence-electron chi connectivity index (χ1n) is 9.13. The second-order valence-corrected chi connectivity index (χ2v) is 10.2. The number of ether oxygens (including phenoxy) is 7. The lowest BCUT2D eigenvalue weighted by atomic mass is 10.4. The Morgan fingerprint density at radius 3 is 1.39 bits per heavy atom. The standard InChI is InChI=1S/C18H30I2O7S/c1-21-2-3-22-4-5-23-6-7-24-8-9-25-10-11-26-12-13-27-15-16-14-17(19)28-18(16)20/h14H,2-13,15H2,1H3. The van der Waals surface area contributed by atoms with Gasteiger partial charge >= 0.3 is 0 Å². The number of thiophene rings is 1. The van der Waals surface area contributed by atoms with E-state index in [4.69, 9.17) is 33.2 Å². The zero-order chi connectivity index (χ0) is 20.3. The van der Waals surface area contributed by atoms with Crippen LogP contribution in [0.15, 0.2) is 6.07 Å². The number of methoxy groups -OCH3 is 1. The van der Waals surface area contributed by atoms with E-state index in [1.165, 1.54) is 11.3 Å². The summed E-state index contributed by atoms with van der Waals surface area (Å²) >= 11 is 6.46. The van der Waals surface area contributed by atoms with Crippen LogP contribution in [0, 0.1) is 5.77 Å². The summed E-state index contributed by atoms with van der Waals surface area (Å²) < 4.78 is 40.1. The molecule has 164 valence electrons. The molecule has 28 heavy (non-hydrogen) atoms. The SMILES string of the molecule is COCCOCCOCCOCCOCCOCCOCc1cc(I)sc1I. The van der Waals surface area contributed by atoms with Gasteiger partial charge in [0.2, 0.25) is 0 Å². The number of rotatable bonds is 20. The first-order chi connectivity index (χ1) is 13.7. The van der Waals surface area contributed by atoms with E-state index in [1.807, 2.05) is 0 Å². The second kappa shape index (κ2) is 19.8. The lowest BCUT2D eigenvalue weighted by Gasteiger charge is -2.08. The topological polar surface area (TPSA) is 64.6 Å². The van der Waals surface area contributed by atoms with Crippen molar-refractivity contribution in [2.24, 2.45) is 0 Å². The summed E-state index contributed by atoms with van der Waals surface area (Å²) in [6.45, 7) is 7.47. The van der Waals surface area contributed by atoms with Crippen molar-refractivity contribution in [3.63, 3.8) is 0 Å². The maximum atomic E-state index is 5.63. The second-order valence-electron chi connectivity index (χ2n) is 5.46. The van der Waals surface area contributed by atoms with Crippen LogP contribution in [0.25, 0.3) is 0 Å². The summed E-state index contributed by atoms with van der Waals surface area (Å²) in [5, 5.41) is 0. The van der Waals surface area contributed by atoms with Gasteiger partial charge in [0.25, 0.3) is 0 Å². The zero-order valence-corrected chi connectivity index (χ0v) is 21.4. The van der Waals surface area contributed by atoms with Gasteiger partial charge < -0.3 is 33.2 Å². The van der Waals surface area contributed by atoms with Crippen molar-refractivity contribution in [3.8, 4) is 0 Å². The molecule has 1 aromatic rings. The minimum atomic E-state index is 0.550. The molecular weight excluding hydrogens is 614 g/mol. The van der Waals surface area contributed by atoms with E-state index < -0.39 is 0 Å². The highest BCUT2D eigenvalue weighted by Gasteiger charge is 2.04. The predicted octanol–water partition coefficient (Wildman–Crippen LogP) is 3.20. The van der Waals surface area contributed by atoms with Gasteiger partial charge in [-0.15, -0.1) is 11.3 Å². The minimum absolute atomic E-state index is 0.550. The minimum Gasteiger partial charge on any atom is -0.382 e. The van der Waals surface area contributed by atoms with Crippen LogP contribution in [0.4, 0.5) is 0 Å². The van der Waals surface area contributed by atoms with Gasteiger partial charge in [-0.1, -0.05) is 0 Å². The molecule has 7 nitrogen and oxygen atoms in total. The Kier molecular flexibility index (Phi) is 19.1. The summed E-state index contributed by atoms with van der Waals surface area (Å²) in [5.74, 6) is 0. The average molecular weight is 644 g/mol. The average Bonchev–Trinajstić information content (AvgIpc) is 3.00. The Balaban J connectivity index is 1.71. The molecule has 1 aromatic heterocycles. The van der Waals surface area contributed by atoms with Crippen molar-refractivity contribution >= 4 is 56.5 Å². The van der Waals surface area contributed by atoms with Crippen molar-refractivity contribution < 1.29 is 33.2 Å². The molecule has 10 heteroatoms. The summed E-state index contributed by atoms with van der Waals surface area (Å²) in [4.78, 5) is 0. The fourth-order valence-electron chi connectivity index (χ4n) is 1.90. The molecule has 0 radical (unpaired) electrons. The van der Waals surface area contributed by atoms with Gasteiger partial charge in [0.05, 0.1) is 91.7 Å². The molecule has 0 atom stereocenters. The highest BCUT2D eigenvalue weighted by atomic mass is 127. The number of hydrogen-bond donors (Lipinski definition) is 0. The van der Waals surface area contributed by atoms with E-state index in [0.29, 0.717) is 85.9 Å². The Bertz CT molecular complexity index is 477. The Morgan fingerprint density at radius 2 is 1.04 bits per heavy atom. The molecule has 1 rings (SSSR count). The zero-order valence-electron chi connectivity index (χ0n) is 16.3. The van der Waals surface area contributed by atoms with Crippen LogP contribution >= 0.6 is 56.5 Å². The molecule has 0 aliphatic carbocycles. The van der Waals surface area contributed by atoms with E-state index in [1.54, 1.807) is 18.4 Å². The Morgan fingerprint density at radius 1 is 0.643 bits per heavy atom. The molecule has 0 aromatic carbocycles. The largest absolute Gasteiger partial charge is 0.382 e. The van der Waals surface area contributed by atoms with Crippen molar-refractivity contribution in [2.45, 2.75) is 6.61 Å². The Labute approximate surface area is 198 Å². The number of hydrogen-bond acceptors (Lipinski definition) is 8. The predicted molar refractivity (Wildman–Crippen MR) is 125 cm³/mol. The van der Waals surface area contributed by atoms with Crippen LogP contribution in [-0.2, 0) is 39.8 Å². The fraction of sp³-hybridized carbons (Fsp3) is 0.778. The quantitative estimate of drug-likeness (QED) is 0.160. The third kappa shape index (κ3) is 15.7. The van der Waals surface area contributed by atoms with Crippen LogP contribution in [0.5, 0.6) is 0 Å². The summed E-state index contributed by atoms with van der Waals surface area (Å²) in [6.07, 6.45) is 0. The maximum absolute atomic E-state index is 5.63. The van der Waals surface area contributed by atoms with E-state index in [2.05, 4.69) is 51.2 Å². The van der Waals surface area contributed by atoms with E-state index in [0.717, 1.165) is 0 Å². The van der Waals surface area contributed by atoms with E-state index in [9.17, 15) is 0 Å². The summed E-state index contributed by atoms with van der Waals surface area (Å²) in [5.41, 5.74) is 1.25. The molecule has 0 saturated heterocycles. The van der Waals surface area contributed by atoms with E-state index in [-0.39, 0.29) is 0 Å². The first-order valence-corrected chi connectivity index (χ1v) is 12.1. The summed E-state index contributed by atoms with van der Waals surface area (Å²) in [7, 11) is 1.65. The third-order valence-corrected chi connectivity index (χ3v) is 6.36. The van der Waals surface area contributed by atoms with Gasteiger partial charge in [0.1, 0.15) is 0 Å². The van der Waals surface area contributed by atoms with Crippen LogP contribution in [0.2, 0.25) is 0 Å². The summed E-state index contributed by atoms with van der Waals surface area (Å²) in [6, 6.07) is 2.16. The van der Waals surface area contributed by atoms with Gasteiger partial charge in [-0.05, 0) is 51.2 Å². The smallest absolute Gasteiger partial charge is 0.0737 e. The molecule has 0 unspecified atom stereocenters. The molecule has 1 heterocycles. The first kappa shape index (κ1) is 26.9.